The van der Waals surface area contributed by atoms with E-state index in [0.717, 1.165) is 21.5 Å². The van der Waals surface area contributed by atoms with E-state index in [9.17, 15) is 10.1 Å². The van der Waals surface area contributed by atoms with Gasteiger partial charge in [0.15, 0.2) is 0 Å². The molecular formula is C20H21BrN4O2S. The highest BCUT2D eigenvalue weighted by molar-refractivity contribution is 9.10. The van der Waals surface area contributed by atoms with E-state index < -0.39 is 0 Å². The first-order valence-corrected chi connectivity index (χ1v) is 10.4. The number of carbonyl (C=O) groups is 1. The van der Waals surface area contributed by atoms with Crippen LogP contribution in [0.3, 0.4) is 0 Å². The summed E-state index contributed by atoms with van der Waals surface area (Å²) in [6, 6.07) is 7.97. The molecule has 8 heteroatoms. The number of halogens is 1. The van der Waals surface area contributed by atoms with Crippen molar-refractivity contribution in [2.45, 2.75) is 26.9 Å². The molecule has 3 rings (SSSR count). The van der Waals surface area contributed by atoms with Gasteiger partial charge in [-0.15, -0.1) is 11.3 Å². The van der Waals surface area contributed by atoms with Gasteiger partial charge in [0, 0.05) is 27.0 Å². The minimum absolute atomic E-state index is 0.159. The Morgan fingerprint density at radius 2 is 2.25 bits per heavy atom. The lowest BCUT2D eigenvalue weighted by molar-refractivity contribution is -0.117. The quantitative estimate of drug-likeness (QED) is 0.562. The largest absolute Gasteiger partial charge is 0.467 e. The molecule has 3 aromatic heterocycles. The third-order valence-electron chi connectivity index (χ3n) is 4.55. The summed E-state index contributed by atoms with van der Waals surface area (Å²) in [6.07, 6.45) is 1.61. The number of hydrogen-bond acceptors (Lipinski definition) is 5. The molecule has 0 aromatic carbocycles. The molecule has 146 valence electrons. The van der Waals surface area contributed by atoms with Crippen molar-refractivity contribution >= 4 is 39.0 Å². The average molecular weight is 461 g/mol. The van der Waals surface area contributed by atoms with Crippen molar-refractivity contribution in [2.24, 2.45) is 0 Å². The molecule has 0 atom stereocenters. The van der Waals surface area contributed by atoms with Crippen molar-refractivity contribution in [1.29, 1.82) is 5.26 Å². The highest BCUT2D eigenvalue weighted by Crippen LogP contribution is 2.27. The van der Waals surface area contributed by atoms with Crippen molar-refractivity contribution in [1.82, 2.24) is 9.47 Å². The van der Waals surface area contributed by atoms with E-state index in [1.807, 2.05) is 53.9 Å². The third kappa shape index (κ3) is 4.55. The van der Waals surface area contributed by atoms with Gasteiger partial charge in [-0.25, -0.2) is 0 Å². The molecule has 0 bridgehead atoms. The minimum Gasteiger partial charge on any atom is -0.467 e. The van der Waals surface area contributed by atoms with Gasteiger partial charge in [-0.3, -0.25) is 9.69 Å². The van der Waals surface area contributed by atoms with Gasteiger partial charge in [-0.1, -0.05) is 0 Å². The Hall–Kier alpha value is -2.34. The Bertz CT molecular complexity index is 1010. The number of amides is 1. The van der Waals surface area contributed by atoms with Gasteiger partial charge in [0.05, 0.1) is 24.9 Å². The SMILES string of the molecule is Cc1c(C#N)c(NC(=O)CN(C)Cc2cc(Br)cs2)n(Cc2ccco2)c1C. The van der Waals surface area contributed by atoms with Crippen LogP contribution in [0.4, 0.5) is 5.82 Å². The van der Waals surface area contributed by atoms with Gasteiger partial charge in [-0.05, 0) is 60.6 Å². The van der Waals surface area contributed by atoms with Gasteiger partial charge >= 0.3 is 0 Å². The molecule has 0 aliphatic heterocycles. The van der Waals surface area contributed by atoms with Crippen LogP contribution >= 0.6 is 27.3 Å². The second-order valence-corrected chi connectivity index (χ2v) is 8.57. The van der Waals surface area contributed by atoms with Crippen molar-refractivity contribution < 1.29 is 9.21 Å². The number of rotatable bonds is 7. The van der Waals surface area contributed by atoms with Gasteiger partial charge in [0.1, 0.15) is 17.6 Å². The van der Waals surface area contributed by atoms with E-state index in [0.29, 0.717) is 24.5 Å². The Balaban J connectivity index is 1.75. The predicted octanol–water partition coefficient (Wildman–Crippen LogP) is 4.51. The van der Waals surface area contributed by atoms with Crippen LogP contribution in [0.1, 0.15) is 27.5 Å². The Morgan fingerprint density at radius 3 is 2.86 bits per heavy atom. The van der Waals surface area contributed by atoms with E-state index in [4.69, 9.17) is 4.42 Å². The molecule has 0 fully saturated rings. The van der Waals surface area contributed by atoms with Crippen LogP contribution in [0.2, 0.25) is 0 Å². The fraction of sp³-hybridized carbons (Fsp3) is 0.300. The smallest absolute Gasteiger partial charge is 0.239 e. The summed E-state index contributed by atoms with van der Waals surface area (Å²) in [5.41, 5.74) is 2.28. The topological polar surface area (TPSA) is 74.2 Å². The molecule has 0 aliphatic rings. The summed E-state index contributed by atoms with van der Waals surface area (Å²) < 4.78 is 8.41. The lowest BCUT2D eigenvalue weighted by Crippen LogP contribution is -2.30. The number of thiophene rings is 1. The highest BCUT2D eigenvalue weighted by Gasteiger charge is 2.21. The summed E-state index contributed by atoms with van der Waals surface area (Å²) >= 11 is 5.09. The monoisotopic (exact) mass is 460 g/mol. The molecule has 0 spiro atoms. The Labute approximate surface area is 176 Å². The fourth-order valence-corrected chi connectivity index (χ4v) is 4.59. The number of furan rings is 1. The molecule has 28 heavy (non-hydrogen) atoms. The average Bonchev–Trinajstić information content (AvgIpc) is 3.34. The van der Waals surface area contributed by atoms with E-state index in [1.165, 1.54) is 4.88 Å². The number of likely N-dealkylation sites (N-methyl/N-ethyl adjacent to an activating group) is 1. The Morgan fingerprint density at radius 1 is 1.46 bits per heavy atom. The number of nitrogens with zero attached hydrogens (tertiary/aromatic N) is 3. The van der Waals surface area contributed by atoms with Crippen LogP contribution in [0.15, 0.2) is 38.7 Å². The number of hydrogen-bond donors (Lipinski definition) is 1. The summed E-state index contributed by atoms with van der Waals surface area (Å²) in [4.78, 5) is 15.8. The molecule has 0 radical (unpaired) electrons. The summed E-state index contributed by atoms with van der Waals surface area (Å²) in [5.74, 6) is 1.12. The van der Waals surface area contributed by atoms with Gasteiger partial charge in [0.2, 0.25) is 5.91 Å². The van der Waals surface area contributed by atoms with Crippen LogP contribution < -0.4 is 5.32 Å². The molecule has 0 saturated heterocycles. The van der Waals surface area contributed by atoms with Crippen LogP contribution in [0.5, 0.6) is 0 Å². The molecule has 6 nitrogen and oxygen atoms in total. The zero-order valence-electron chi connectivity index (χ0n) is 16.0. The zero-order chi connectivity index (χ0) is 20.3. The van der Waals surface area contributed by atoms with E-state index >= 15 is 0 Å². The minimum atomic E-state index is -0.159. The molecule has 3 heterocycles. The number of aromatic nitrogens is 1. The summed E-state index contributed by atoms with van der Waals surface area (Å²) in [7, 11) is 1.90. The predicted molar refractivity (Wildman–Crippen MR) is 113 cm³/mol. The summed E-state index contributed by atoms with van der Waals surface area (Å²) in [6.45, 7) is 5.19. The van der Waals surface area contributed by atoms with E-state index in [2.05, 4.69) is 27.3 Å². The highest BCUT2D eigenvalue weighted by atomic mass is 79.9. The molecule has 0 aliphatic carbocycles. The number of carbonyl (C=O) groups excluding carboxylic acids is 1. The molecule has 1 amide bonds. The maximum atomic E-state index is 12.7. The van der Waals surface area contributed by atoms with Crippen molar-refractivity contribution in [3.8, 4) is 6.07 Å². The van der Waals surface area contributed by atoms with Gasteiger partial charge < -0.3 is 14.3 Å². The molecule has 1 N–H and O–H groups in total. The molecule has 3 aromatic rings. The molecule has 0 unspecified atom stereocenters. The van der Waals surface area contributed by atoms with E-state index in [1.54, 1.807) is 17.6 Å². The van der Waals surface area contributed by atoms with Crippen molar-refractivity contribution in [3.05, 3.63) is 61.8 Å². The van der Waals surface area contributed by atoms with Crippen molar-refractivity contribution in [3.63, 3.8) is 0 Å². The van der Waals surface area contributed by atoms with E-state index in [-0.39, 0.29) is 12.5 Å². The normalized spacial score (nSPS) is 11.0. The molecule has 0 saturated carbocycles. The maximum Gasteiger partial charge on any atom is 0.239 e. The fourth-order valence-electron chi connectivity index (χ4n) is 3.06. The first-order chi connectivity index (χ1) is 13.4. The Kier molecular flexibility index (Phi) is 6.39. The van der Waals surface area contributed by atoms with Crippen LogP contribution in [0, 0.1) is 25.2 Å². The number of nitriles is 1. The van der Waals surface area contributed by atoms with Gasteiger partial charge in [0.25, 0.3) is 0 Å². The first-order valence-electron chi connectivity index (χ1n) is 8.72. The lowest BCUT2D eigenvalue weighted by Gasteiger charge is -2.17. The first kappa shape index (κ1) is 20.4. The lowest BCUT2D eigenvalue weighted by atomic mass is 10.2. The maximum absolute atomic E-state index is 12.7. The zero-order valence-corrected chi connectivity index (χ0v) is 18.4. The van der Waals surface area contributed by atoms with Gasteiger partial charge in [-0.2, -0.15) is 5.26 Å². The van der Waals surface area contributed by atoms with Crippen molar-refractivity contribution in [2.75, 3.05) is 18.9 Å². The number of anilines is 1. The third-order valence-corrected chi connectivity index (χ3v) is 6.24. The second kappa shape index (κ2) is 8.78. The van der Waals surface area contributed by atoms with Crippen LogP contribution in [-0.4, -0.2) is 29.0 Å². The molecular weight excluding hydrogens is 440 g/mol. The second-order valence-electron chi connectivity index (χ2n) is 6.66. The number of nitrogens with one attached hydrogen (secondary N) is 1. The van der Waals surface area contributed by atoms with Crippen LogP contribution in [0.25, 0.3) is 0 Å². The standard InChI is InChI=1S/C20H21BrN4O2S/c1-13-14(2)25(9-16-5-4-6-27-16)20(18(13)8-22)23-19(26)11-24(3)10-17-7-15(21)12-28-17/h4-7,12H,9-11H2,1-3H3,(H,23,26). The van der Waals surface area contributed by atoms with Crippen LogP contribution in [-0.2, 0) is 17.9 Å². The summed E-state index contributed by atoms with van der Waals surface area (Å²) in [5, 5.41) is 14.6.